The topological polar surface area (TPSA) is 63.8 Å². The Morgan fingerprint density at radius 3 is 2.90 bits per heavy atom. The maximum absolute atomic E-state index is 5.89. The first-order valence-corrected chi connectivity index (χ1v) is 7.34. The van der Waals surface area contributed by atoms with Crippen LogP contribution in [0.5, 0.6) is 0 Å². The van der Waals surface area contributed by atoms with Gasteiger partial charge in [-0.2, -0.15) is 0 Å². The monoisotopic (exact) mass is 284 g/mol. The summed E-state index contributed by atoms with van der Waals surface area (Å²) in [4.78, 5) is 8.89. The van der Waals surface area contributed by atoms with Crippen LogP contribution in [0.4, 0.5) is 11.4 Å². The molecule has 2 heterocycles. The number of nitrogens with two attached hydrogens (primary N) is 1. The molecule has 3 aromatic rings. The zero-order valence-corrected chi connectivity index (χ0v) is 12.2. The van der Waals surface area contributed by atoms with Crippen LogP contribution in [0.1, 0.15) is 23.7 Å². The maximum Gasteiger partial charge on any atom is 0.115 e. The maximum atomic E-state index is 5.89. The molecule has 1 aromatic carbocycles. The third kappa shape index (κ3) is 2.44. The predicted octanol–water partition coefficient (Wildman–Crippen LogP) is 3.76. The second kappa shape index (κ2) is 5.09. The molecule has 3 rings (SSSR count). The molecule has 0 bridgehead atoms. The van der Waals surface area contributed by atoms with Crippen LogP contribution in [0.15, 0.2) is 35.8 Å². The normalized spacial score (nSPS) is 12.5. The van der Waals surface area contributed by atoms with Crippen molar-refractivity contribution in [3.05, 3.63) is 46.5 Å². The minimum absolute atomic E-state index is 0.154. The third-order valence-corrected chi connectivity index (χ3v) is 4.11. The van der Waals surface area contributed by atoms with Crippen LogP contribution in [0.2, 0.25) is 0 Å². The van der Waals surface area contributed by atoms with Crippen molar-refractivity contribution in [1.29, 1.82) is 0 Å². The van der Waals surface area contributed by atoms with Gasteiger partial charge in [0.15, 0.2) is 0 Å². The van der Waals surface area contributed by atoms with E-state index >= 15 is 0 Å². The number of anilines is 2. The van der Waals surface area contributed by atoms with E-state index in [2.05, 4.69) is 22.2 Å². The van der Waals surface area contributed by atoms with E-state index in [9.17, 15) is 0 Å². The number of hydrogen-bond donors (Lipinski definition) is 2. The van der Waals surface area contributed by atoms with Crippen LogP contribution in [-0.4, -0.2) is 9.97 Å². The molecule has 0 saturated carbocycles. The Labute approximate surface area is 121 Å². The zero-order valence-electron chi connectivity index (χ0n) is 11.4. The molecule has 102 valence electrons. The van der Waals surface area contributed by atoms with Crippen molar-refractivity contribution < 1.29 is 0 Å². The van der Waals surface area contributed by atoms with Crippen LogP contribution in [-0.2, 0) is 0 Å². The van der Waals surface area contributed by atoms with Gasteiger partial charge in [0.2, 0.25) is 0 Å². The van der Waals surface area contributed by atoms with Gasteiger partial charge in [0.05, 0.1) is 11.6 Å². The fraction of sp³-hybridized carbons (Fsp3) is 0.200. The molecule has 5 heteroatoms. The summed E-state index contributed by atoms with van der Waals surface area (Å²) >= 11 is 1.65. The first kappa shape index (κ1) is 12.9. The van der Waals surface area contributed by atoms with E-state index in [1.807, 2.05) is 42.8 Å². The lowest BCUT2D eigenvalue weighted by atomic mass is 10.1. The van der Waals surface area contributed by atoms with Gasteiger partial charge in [0.25, 0.3) is 0 Å². The number of thiazole rings is 1. The number of aryl methyl sites for hydroxylation is 1. The van der Waals surface area contributed by atoms with Gasteiger partial charge < -0.3 is 11.1 Å². The van der Waals surface area contributed by atoms with Crippen molar-refractivity contribution in [2.45, 2.75) is 19.9 Å². The van der Waals surface area contributed by atoms with E-state index in [1.165, 1.54) is 0 Å². The summed E-state index contributed by atoms with van der Waals surface area (Å²) in [6.45, 7) is 4.10. The van der Waals surface area contributed by atoms with Gasteiger partial charge in [0, 0.05) is 34.0 Å². The molecule has 0 saturated heterocycles. The van der Waals surface area contributed by atoms with Gasteiger partial charge in [-0.05, 0) is 38.1 Å². The number of nitrogen functional groups attached to an aromatic ring is 1. The van der Waals surface area contributed by atoms with E-state index < -0.39 is 0 Å². The number of hydrogen-bond acceptors (Lipinski definition) is 5. The molecule has 0 aliphatic heterocycles. The van der Waals surface area contributed by atoms with Gasteiger partial charge >= 0.3 is 0 Å². The standard InChI is InChI=1S/C15H16N4S/c1-9-7-14(19-10(2)15-17-5-6-20-15)12-8-11(16)3-4-13(12)18-9/h3-8,10H,16H2,1-2H3,(H,18,19). The highest BCUT2D eigenvalue weighted by atomic mass is 32.1. The average Bonchev–Trinajstić information content (AvgIpc) is 2.93. The van der Waals surface area contributed by atoms with Crippen molar-refractivity contribution in [1.82, 2.24) is 9.97 Å². The Morgan fingerprint density at radius 1 is 1.30 bits per heavy atom. The first-order valence-electron chi connectivity index (χ1n) is 6.46. The fourth-order valence-electron chi connectivity index (χ4n) is 2.24. The van der Waals surface area contributed by atoms with E-state index in [-0.39, 0.29) is 6.04 Å². The van der Waals surface area contributed by atoms with Crippen LogP contribution in [0, 0.1) is 6.92 Å². The van der Waals surface area contributed by atoms with Crippen LogP contribution in [0.25, 0.3) is 10.9 Å². The SMILES string of the molecule is Cc1cc(NC(C)c2nccs2)c2cc(N)ccc2n1. The average molecular weight is 284 g/mol. The van der Waals surface area contributed by atoms with Gasteiger partial charge in [-0.25, -0.2) is 4.98 Å². The van der Waals surface area contributed by atoms with E-state index in [4.69, 9.17) is 5.73 Å². The smallest absolute Gasteiger partial charge is 0.115 e. The molecule has 2 aromatic heterocycles. The van der Waals surface area contributed by atoms with Gasteiger partial charge in [-0.15, -0.1) is 11.3 Å². The van der Waals surface area contributed by atoms with Gasteiger partial charge in [-0.3, -0.25) is 4.98 Å². The molecule has 4 nitrogen and oxygen atoms in total. The largest absolute Gasteiger partial charge is 0.399 e. The Hall–Kier alpha value is -2.14. The lowest BCUT2D eigenvalue weighted by molar-refractivity contribution is 0.871. The Morgan fingerprint density at radius 2 is 2.15 bits per heavy atom. The van der Waals surface area contributed by atoms with Crippen molar-refractivity contribution in [2.24, 2.45) is 0 Å². The minimum Gasteiger partial charge on any atom is -0.399 e. The van der Waals surface area contributed by atoms with Crippen molar-refractivity contribution in [2.75, 3.05) is 11.1 Å². The Kier molecular flexibility index (Phi) is 3.28. The van der Waals surface area contributed by atoms with Crippen molar-refractivity contribution in [3.63, 3.8) is 0 Å². The Balaban J connectivity index is 2.04. The summed E-state index contributed by atoms with van der Waals surface area (Å²) in [5.41, 5.74) is 9.61. The second-order valence-electron chi connectivity index (χ2n) is 4.82. The number of benzene rings is 1. The molecule has 0 spiro atoms. The Bertz CT molecular complexity index is 737. The summed E-state index contributed by atoms with van der Waals surface area (Å²) in [7, 11) is 0. The lowest BCUT2D eigenvalue weighted by Gasteiger charge is -2.15. The molecule has 1 atom stereocenters. The highest BCUT2D eigenvalue weighted by molar-refractivity contribution is 7.09. The number of aromatic nitrogens is 2. The number of pyridine rings is 1. The van der Waals surface area contributed by atoms with E-state index in [1.54, 1.807) is 11.3 Å². The minimum atomic E-state index is 0.154. The van der Waals surface area contributed by atoms with E-state index in [0.717, 1.165) is 33.0 Å². The predicted molar refractivity (Wildman–Crippen MR) is 85.0 cm³/mol. The number of fused-ring (bicyclic) bond motifs is 1. The zero-order chi connectivity index (χ0) is 14.1. The molecular weight excluding hydrogens is 268 g/mol. The molecule has 1 unspecified atom stereocenters. The van der Waals surface area contributed by atoms with E-state index in [0.29, 0.717) is 0 Å². The summed E-state index contributed by atoms with van der Waals surface area (Å²) in [5.74, 6) is 0. The molecule has 20 heavy (non-hydrogen) atoms. The van der Waals surface area contributed by atoms with Crippen LogP contribution < -0.4 is 11.1 Å². The number of rotatable bonds is 3. The highest BCUT2D eigenvalue weighted by Crippen LogP contribution is 2.29. The van der Waals surface area contributed by atoms with Crippen LogP contribution in [0.3, 0.4) is 0 Å². The van der Waals surface area contributed by atoms with Gasteiger partial charge in [0.1, 0.15) is 5.01 Å². The fourth-order valence-corrected chi connectivity index (χ4v) is 2.88. The highest BCUT2D eigenvalue weighted by Gasteiger charge is 2.11. The number of nitrogens with one attached hydrogen (secondary N) is 1. The molecular formula is C15H16N4S. The third-order valence-electron chi connectivity index (χ3n) is 3.15. The molecule has 0 aliphatic rings. The van der Waals surface area contributed by atoms with Crippen LogP contribution >= 0.6 is 11.3 Å². The lowest BCUT2D eigenvalue weighted by Crippen LogP contribution is -2.07. The summed E-state index contributed by atoms with van der Waals surface area (Å²) in [6.07, 6.45) is 1.83. The second-order valence-corrected chi connectivity index (χ2v) is 5.75. The molecule has 0 fully saturated rings. The molecule has 0 radical (unpaired) electrons. The molecule has 3 N–H and O–H groups in total. The summed E-state index contributed by atoms with van der Waals surface area (Å²) in [6, 6.07) is 7.99. The number of nitrogens with zero attached hydrogens (tertiary/aromatic N) is 2. The first-order chi connectivity index (χ1) is 9.63. The van der Waals surface area contributed by atoms with Gasteiger partial charge in [-0.1, -0.05) is 0 Å². The summed E-state index contributed by atoms with van der Waals surface area (Å²) < 4.78 is 0. The van der Waals surface area contributed by atoms with Crippen molar-refractivity contribution >= 4 is 33.6 Å². The molecule has 0 aliphatic carbocycles. The summed E-state index contributed by atoms with van der Waals surface area (Å²) in [5, 5.41) is 7.60. The molecule has 0 amide bonds. The van der Waals surface area contributed by atoms with Crippen molar-refractivity contribution in [3.8, 4) is 0 Å². The quantitative estimate of drug-likeness (QED) is 0.719.